The quantitative estimate of drug-likeness (QED) is 0.447. The van der Waals surface area contributed by atoms with Crippen LogP contribution in [0, 0.1) is 13.8 Å². The van der Waals surface area contributed by atoms with Crippen molar-refractivity contribution in [3.05, 3.63) is 82.3 Å². The summed E-state index contributed by atoms with van der Waals surface area (Å²) in [6, 6.07) is 21.9. The molecule has 1 heterocycles. The predicted molar refractivity (Wildman–Crippen MR) is 117 cm³/mol. The number of imidazole rings is 1. The smallest absolute Gasteiger partial charge is 0.244 e. The maximum absolute atomic E-state index is 12.9. The van der Waals surface area contributed by atoms with Gasteiger partial charge >= 0.3 is 0 Å². The minimum absolute atomic E-state index is 0.0758. The number of nitrogens with one attached hydrogen (secondary N) is 1. The Kier molecular flexibility index (Phi) is 5.01. The number of amides is 1. The number of aromatic nitrogens is 2. The number of anilines is 1. The molecule has 0 unspecified atom stereocenters. The molecule has 0 aliphatic rings. The molecular formula is C23H20BrN3O. The van der Waals surface area contributed by atoms with Gasteiger partial charge in [0.05, 0.1) is 11.0 Å². The number of para-hydroxylation sites is 2. The summed E-state index contributed by atoms with van der Waals surface area (Å²) in [5, 5.41) is 3.05. The number of hydrogen-bond acceptors (Lipinski definition) is 2. The first-order chi connectivity index (χ1) is 13.5. The first-order valence-electron chi connectivity index (χ1n) is 9.09. The van der Waals surface area contributed by atoms with Crippen molar-refractivity contribution in [2.24, 2.45) is 0 Å². The van der Waals surface area contributed by atoms with Crippen LogP contribution in [0.3, 0.4) is 0 Å². The molecule has 0 aliphatic heterocycles. The lowest BCUT2D eigenvalue weighted by molar-refractivity contribution is -0.116. The second-order valence-corrected chi connectivity index (χ2v) is 7.80. The number of carbonyl (C=O) groups excluding carboxylic acids is 1. The Bertz CT molecular complexity index is 1180. The van der Waals surface area contributed by atoms with E-state index in [0.717, 1.165) is 43.7 Å². The van der Waals surface area contributed by atoms with Gasteiger partial charge in [-0.15, -0.1) is 0 Å². The lowest BCUT2D eigenvalue weighted by Gasteiger charge is -2.12. The molecule has 1 aromatic heterocycles. The van der Waals surface area contributed by atoms with Crippen LogP contribution in [0.1, 0.15) is 11.1 Å². The van der Waals surface area contributed by atoms with Crippen LogP contribution in [0.4, 0.5) is 5.69 Å². The molecule has 1 amide bonds. The summed E-state index contributed by atoms with van der Waals surface area (Å²) < 4.78 is 2.95. The first kappa shape index (κ1) is 18.4. The number of aryl methyl sites for hydroxylation is 2. The number of halogens is 1. The minimum atomic E-state index is -0.0758. The molecule has 0 fully saturated rings. The molecule has 4 rings (SSSR count). The van der Waals surface area contributed by atoms with Gasteiger partial charge in [0.2, 0.25) is 5.91 Å². The summed E-state index contributed by atoms with van der Waals surface area (Å²) in [6.07, 6.45) is 0. The molecule has 0 bridgehead atoms. The SMILES string of the molecule is Cc1ccc(C)c(NC(=O)Cn2c(-c3cccc(Br)c3)nc3ccccc32)c1. The highest BCUT2D eigenvalue weighted by Crippen LogP contribution is 2.27. The van der Waals surface area contributed by atoms with Gasteiger partial charge in [-0.1, -0.05) is 52.3 Å². The Morgan fingerprint density at radius 1 is 1.04 bits per heavy atom. The van der Waals surface area contributed by atoms with Crippen molar-refractivity contribution in [1.82, 2.24) is 9.55 Å². The molecule has 0 atom stereocenters. The molecule has 28 heavy (non-hydrogen) atoms. The second-order valence-electron chi connectivity index (χ2n) is 6.89. The summed E-state index contributed by atoms with van der Waals surface area (Å²) in [5.41, 5.74) is 5.78. The van der Waals surface area contributed by atoms with Crippen molar-refractivity contribution in [2.75, 3.05) is 5.32 Å². The Labute approximate surface area is 172 Å². The normalized spacial score (nSPS) is 11.0. The molecule has 3 aromatic carbocycles. The van der Waals surface area contributed by atoms with E-state index in [9.17, 15) is 4.79 Å². The fourth-order valence-corrected chi connectivity index (χ4v) is 3.69. The van der Waals surface area contributed by atoms with Crippen molar-refractivity contribution in [1.29, 1.82) is 0 Å². The van der Waals surface area contributed by atoms with Gasteiger partial charge in [-0.2, -0.15) is 0 Å². The lowest BCUT2D eigenvalue weighted by Crippen LogP contribution is -2.20. The van der Waals surface area contributed by atoms with Crippen molar-refractivity contribution in [3.63, 3.8) is 0 Å². The molecule has 0 spiro atoms. The summed E-state index contributed by atoms with van der Waals surface area (Å²) >= 11 is 3.52. The minimum Gasteiger partial charge on any atom is -0.324 e. The van der Waals surface area contributed by atoms with Crippen LogP contribution in [0.5, 0.6) is 0 Å². The van der Waals surface area contributed by atoms with E-state index in [1.165, 1.54) is 0 Å². The van der Waals surface area contributed by atoms with E-state index in [0.29, 0.717) is 0 Å². The first-order valence-corrected chi connectivity index (χ1v) is 9.89. The number of hydrogen-bond donors (Lipinski definition) is 1. The molecule has 4 aromatic rings. The lowest BCUT2D eigenvalue weighted by atomic mass is 10.1. The van der Waals surface area contributed by atoms with E-state index in [4.69, 9.17) is 4.98 Å². The van der Waals surface area contributed by atoms with Crippen molar-refractivity contribution < 1.29 is 4.79 Å². The van der Waals surface area contributed by atoms with Gasteiger partial charge in [-0.3, -0.25) is 4.79 Å². The Hall–Kier alpha value is -2.92. The Morgan fingerprint density at radius 2 is 1.86 bits per heavy atom. The van der Waals surface area contributed by atoms with E-state index in [1.807, 2.05) is 85.1 Å². The average molecular weight is 434 g/mol. The Balaban J connectivity index is 1.72. The van der Waals surface area contributed by atoms with Crippen LogP contribution in [0.2, 0.25) is 0 Å². The highest BCUT2D eigenvalue weighted by Gasteiger charge is 2.16. The largest absolute Gasteiger partial charge is 0.324 e. The maximum Gasteiger partial charge on any atom is 0.244 e. The van der Waals surface area contributed by atoms with Crippen LogP contribution >= 0.6 is 15.9 Å². The maximum atomic E-state index is 12.9. The summed E-state index contributed by atoms with van der Waals surface area (Å²) in [7, 11) is 0. The topological polar surface area (TPSA) is 46.9 Å². The summed E-state index contributed by atoms with van der Waals surface area (Å²) in [4.78, 5) is 17.6. The second kappa shape index (κ2) is 7.60. The van der Waals surface area contributed by atoms with Gasteiger partial charge in [0, 0.05) is 15.7 Å². The molecule has 5 heteroatoms. The number of fused-ring (bicyclic) bond motifs is 1. The molecule has 1 N–H and O–H groups in total. The van der Waals surface area contributed by atoms with Crippen LogP contribution in [-0.2, 0) is 11.3 Å². The third-order valence-corrected chi connectivity index (χ3v) is 5.20. The predicted octanol–water partition coefficient (Wildman–Crippen LogP) is 5.72. The van der Waals surface area contributed by atoms with Crippen molar-refractivity contribution in [3.8, 4) is 11.4 Å². The van der Waals surface area contributed by atoms with E-state index in [1.54, 1.807) is 0 Å². The Morgan fingerprint density at radius 3 is 2.68 bits per heavy atom. The van der Waals surface area contributed by atoms with Crippen LogP contribution < -0.4 is 5.32 Å². The van der Waals surface area contributed by atoms with Gasteiger partial charge in [0.15, 0.2) is 0 Å². The van der Waals surface area contributed by atoms with E-state index in [-0.39, 0.29) is 12.5 Å². The van der Waals surface area contributed by atoms with E-state index < -0.39 is 0 Å². The third-order valence-electron chi connectivity index (χ3n) is 4.71. The third kappa shape index (κ3) is 3.71. The van der Waals surface area contributed by atoms with E-state index >= 15 is 0 Å². The highest BCUT2D eigenvalue weighted by atomic mass is 79.9. The monoisotopic (exact) mass is 433 g/mol. The fraction of sp³-hybridized carbons (Fsp3) is 0.130. The van der Waals surface area contributed by atoms with Crippen LogP contribution in [-0.4, -0.2) is 15.5 Å². The number of nitrogens with zero attached hydrogens (tertiary/aromatic N) is 2. The van der Waals surface area contributed by atoms with Gasteiger partial charge in [0.1, 0.15) is 12.4 Å². The van der Waals surface area contributed by atoms with E-state index in [2.05, 4.69) is 21.2 Å². The van der Waals surface area contributed by atoms with Crippen LogP contribution in [0.15, 0.2) is 71.2 Å². The molecule has 0 saturated heterocycles. The van der Waals surface area contributed by atoms with Gasteiger partial charge in [-0.05, 0) is 55.3 Å². The number of benzene rings is 3. The zero-order valence-corrected chi connectivity index (χ0v) is 17.3. The van der Waals surface area contributed by atoms with Gasteiger partial charge in [0.25, 0.3) is 0 Å². The number of carbonyl (C=O) groups is 1. The number of rotatable bonds is 4. The summed E-state index contributed by atoms with van der Waals surface area (Å²) in [6.45, 7) is 4.20. The highest BCUT2D eigenvalue weighted by molar-refractivity contribution is 9.10. The van der Waals surface area contributed by atoms with Crippen molar-refractivity contribution in [2.45, 2.75) is 20.4 Å². The fourth-order valence-electron chi connectivity index (χ4n) is 3.29. The summed E-state index contributed by atoms with van der Waals surface area (Å²) in [5.74, 6) is 0.701. The standard InChI is InChI=1S/C23H20BrN3O/c1-15-10-11-16(2)20(12-15)25-22(28)14-27-21-9-4-3-8-19(21)26-23(27)17-6-5-7-18(24)13-17/h3-13H,14H2,1-2H3,(H,25,28). The molecule has 0 saturated carbocycles. The zero-order chi connectivity index (χ0) is 19.7. The van der Waals surface area contributed by atoms with Gasteiger partial charge in [-0.25, -0.2) is 4.98 Å². The zero-order valence-electron chi connectivity index (χ0n) is 15.7. The van der Waals surface area contributed by atoms with Crippen molar-refractivity contribution >= 4 is 38.6 Å². The molecule has 4 nitrogen and oxygen atoms in total. The van der Waals surface area contributed by atoms with Crippen LogP contribution in [0.25, 0.3) is 22.4 Å². The molecule has 140 valence electrons. The molecular weight excluding hydrogens is 414 g/mol. The molecule has 0 aliphatic carbocycles. The average Bonchev–Trinajstić information content (AvgIpc) is 3.03. The molecule has 0 radical (unpaired) electrons. The van der Waals surface area contributed by atoms with Gasteiger partial charge < -0.3 is 9.88 Å².